The first kappa shape index (κ1) is 55.5. The van der Waals surface area contributed by atoms with Gasteiger partial charge < -0.3 is 78.6 Å². The zero-order valence-corrected chi connectivity index (χ0v) is 39.5. The summed E-state index contributed by atoms with van der Waals surface area (Å²) in [5, 5.41) is 78.5. The van der Waals surface area contributed by atoms with Crippen LogP contribution in [0.4, 0.5) is 0 Å². The Kier molecular flexibility index (Phi) is 20.3. The Balaban J connectivity index is 1.30. The normalized spacial score (nSPS) is 14.4. The van der Waals surface area contributed by atoms with Gasteiger partial charge in [-0.2, -0.15) is 0 Å². The fraction of sp³-hybridized carbons (Fsp3) is 0.320. The number of hydrogen-bond donors (Lipinski definition) is 15. The molecule has 0 saturated heterocycles. The van der Waals surface area contributed by atoms with E-state index in [1.807, 2.05) is 0 Å². The van der Waals surface area contributed by atoms with Gasteiger partial charge >= 0.3 is 5.97 Å². The highest BCUT2D eigenvalue weighted by Crippen LogP contribution is 2.20. The van der Waals surface area contributed by atoms with E-state index in [0.29, 0.717) is 22.3 Å². The Morgan fingerprint density at radius 3 is 1.40 bits per heavy atom. The molecule has 0 saturated carbocycles. The van der Waals surface area contributed by atoms with E-state index in [9.17, 15) is 69.0 Å². The Morgan fingerprint density at radius 2 is 0.918 bits per heavy atom. The van der Waals surface area contributed by atoms with Crippen LogP contribution in [0, 0.1) is 0 Å². The minimum Gasteiger partial charge on any atom is -0.508 e. The highest BCUT2D eigenvalue weighted by atomic mass is 16.4. The van der Waals surface area contributed by atoms with E-state index in [2.05, 4.69) is 42.2 Å². The van der Waals surface area contributed by atoms with E-state index in [4.69, 9.17) is 5.73 Å². The van der Waals surface area contributed by atoms with Crippen LogP contribution in [0.1, 0.15) is 29.2 Å². The number of hydrogen-bond acceptors (Lipinski definition) is 14. The van der Waals surface area contributed by atoms with Crippen LogP contribution in [-0.4, -0.2) is 151 Å². The van der Waals surface area contributed by atoms with Crippen molar-refractivity contribution in [3.8, 4) is 11.5 Å². The van der Waals surface area contributed by atoms with Crippen molar-refractivity contribution in [2.75, 3.05) is 19.8 Å². The van der Waals surface area contributed by atoms with Gasteiger partial charge in [-0.3, -0.25) is 33.6 Å². The first-order valence-corrected chi connectivity index (χ1v) is 23.0. The summed E-state index contributed by atoms with van der Waals surface area (Å²) < 4.78 is 0. The minimum absolute atomic E-state index is 0.0526. The molecule has 388 valence electrons. The molecule has 0 fully saturated rings. The predicted molar refractivity (Wildman–Crippen MR) is 262 cm³/mol. The number of aromatic hydroxyl groups is 2. The van der Waals surface area contributed by atoms with Crippen molar-refractivity contribution in [3.63, 3.8) is 0 Å². The number of fused-ring (bicyclic) bond motifs is 1. The van der Waals surface area contributed by atoms with Gasteiger partial charge in [-0.25, -0.2) is 4.79 Å². The third-order valence-electron chi connectivity index (χ3n) is 11.5. The van der Waals surface area contributed by atoms with Crippen LogP contribution in [0.5, 0.6) is 11.5 Å². The highest BCUT2D eigenvalue weighted by molar-refractivity contribution is 5.98. The molecule has 4 aromatic carbocycles. The Hall–Kier alpha value is -8.38. The molecule has 5 rings (SSSR count). The highest BCUT2D eigenvalue weighted by Gasteiger charge is 2.36. The van der Waals surface area contributed by atoms with Crippen molar-refractivity contribution in [1.29, 1.82) is 0 Å². The average molecular weight is 1010 g/mol. The predicted octanol–water partition coefficient (Wildman–Crippen LogP) is -2.35. The molecule has 0 aliphatic rings. The van der Waals surface area contributed by atoms with Gasteiger partial charge in [-0.15, -0.1) is 0 Å². The van der Waals surface area contributed by atoms with Gasteiger partial charge in [-0.05, 0) is 59.5 Å². The number of phenolic OH excluding ortho intramolecular Hbond substituents is 2. The molecule has 7 amide bonds. The van der Waals surface area contributed by atoms with Crippen LogP contribution in [0.15, 0.2) is 109 Å². The number of aliphatic hydroxyl groups is 3. The molecular weight excluding hydrogens is 951 g/mol. The molecule has 0 aliphatic carbocycles. The fourth-order valence-electron chi connectivity index (χ4n) is 7.58. The van der Waals surface area contributed by atoms with Crippen molar-refractivity contribution >= 4 is 58.2 Å². The van der Waals surface area contributed by atoms with Crippen LogP contribution in [0.2, 0.25) is 0 Å². The Morgan fingerprint density at radius 1 is 0.507 bits per heavy atom. The van der Waals surface area contributed by atoms with Crippen LogP contribution in [-0.2, 0) is 64.0 Å². The number of aliphatic hydroxyl groups excluding tert-OH is 3. The van der Waals surface area contributed by atoms with Gasteiger partial charge in [0.15, 0.2) is 0 Å². The number of carbonyl (C=O) groups excluding carboxylic acids is 7. The first-order valence-electron chi connectivity index (χ1n) is 23.0. The number of benzene rings is 4. The monoisotopic (exact) mass is 1010 g/mol. The second kappa shape index (κ2) is 26.7. The van der Waals surface area contributed by atoms with E-state index < -0.39 is 115 Å². The first-order chi connectivity index (χ1) is 34.9. The molecule has 23 heteroatoms. The van der Waals surface area contributed by atoms with Crippen molar-refractivity contribution in [1.82, 2.24) is 42.2 Å². The third-order valence-corrected chi connectivity index (χ3v) is 11.5. The average Bonchev–Trinajstić information content (AvgIpc) is 3.78. The number of carboxylic acids is 1. The van der Waals surface area contributed by atoms with Crippen LogP contribution < -0.4 is 43.0 Å². The van der Waals surface area contributed by atoms with Crippen LogP contribution >= 0.6 is 0 Å². The fourth-order valence-corrected chi connectivity index (χ4v) is 7.58. The second-order valence-corrected chi connectivity index (χ2v) is 17.1. The molecule has 23 nitrogen and oxygen atoms in total. The molecule has 73 heavy (non-hydrogen) atoms. The molecule has 0 radical (unpaired) electrons. The standard InChI is InChI=1S/C50H59N9O14/c1-27(62)43(59-46(68)38(19-28-7-3-2-4-8-28)55-47(69)40(25-60)57-44(66)36(53-42(65)23-51)20-29-11-15-32(63)16-12-29)49(71)58-41(26-61)48(70)54-37(21-30-13-17-33(64)18-14-30)45(67)56-39(50(72)73)22-31-24-52-35-10-6-5-9-34(31)35/h2-18,24,27,36-41,43,52,60-64H,19-23,25-26,51H2,1H3,(H,53,65)(H,54,70)(H,55,69)(H,56,67)(H,57,66)(H,58,71)(H,59,68)(H,72,73)/t27-,36+,37+,38+,39+,40+,41+,43+/m1/s1. The molecule has 16 N–H and O–H groups in total. The third kappa shape index (κ3) is 16.3. The lowest BCUT2D eigenvalue weighted by atomic mass is 10.0. The topological polar surface area (TPSA) is 384 Å². The smallest absolute Gasteiger partial charge is 0.326 e. The molecule has 0 bridgehead atoms. The van der Waals surface area contributed by atoms with E-state index >= 15 is 0 Å². The number of nitrogens with two attached hydrogens (primary N) is 1. The SMILES string of the molecule is C[C@@H](O)[C@H](NC(=O)[C@H](Cc1ccccc1)NC(=O)[C@H](CO)NC(=O)[C@H](Cc1ccc(O)cc1)NC(=O)CN)C(=O)N[C@@H](CO)C(=O)N[C@@H](Cc1ccc(O)cc1)C(=O)N[C@@H](Cc1c[nH]c2ccccc12)C(=O)O. The lowest BCUT2D eigenvalue weighted by molar-refractivity contribution is -0.142. The number of para-hydroxylation sites is 1. The van der Waals surface area contributed by atoms with Gasteiger partial charge in [0.1, 0.15) is 53.8 Å². The van der Waals surface area contributed by atoms with Crippen LogP contribution in [0.25, 0.3) is 10.9 Å². The van der Waals surface area contributed by atoms with Gasteiger partial charge in [0.25, 0.3) is 0 Å². The van der Waals surface area contributed by atoms with Crippen molar-refractivity contribution in [2.24, 2.45) is 5.73 Å². The summed E-state index contributed by atoms with van der Waals surface area (Å²) in [6.45, 7) is -1.41. The second-order valence-electron chi connectivity index (χ2n) is 17.1. The van der Waals surface area contributed by atoms with E-state index in [0.717, 1.165) is 17.8 Å². The van der Waals surface area contributed by atoms with E-state index in [1.54, 1.807) is 60.8 Å². The summed E-state index contributed by atoms with van der Waals surface area (Å²) in [4.78, 5) is 111. The maximum Gasteiger partial charge on any atom is 0.326 e. The molecule has 1 aromatic heterocycles. The van der Waals surface area contributed by atoms with Crippen LogP contribution in [0.3, 0.4) is 0 Å². The molecule has 1 heterocycles. The number of H-pyrrole nitrogens is 1. The zero-order valence-electron chi connectivity index (χ0n) is 39.5. The number of aliphatic carboxylic acids is 1. The quantitative estimate of drug-likeness (QED) is 0.0276. The largest absolute Gasteiger partial charge is 0.508 e. The van der Waals surface area contributed by atoms with Gasteiger partial charge in [0, 0.05) is 42.8 Å². The number of rotatable bonds is 26. The number of carbonyl (C=O) groups is 8. The summed E-state index contributed by atoms with van der Waals surface area (Å²) >= 11 is 0. The number of aromatic amines is 1. The Bertz CT molecular complexity index is 2700. The molecule has 0 unspecified atom stereocenters. The lowest BCUT2D eigenvalue weighted by Gasteiger charge is -2.28. The van der Waals surface area contributed by atoms with Gasteiger partial charge in [0.2, 0.25) is 41.4 Å². The van der Waals surface area contributed by atoms with Crippen molar-refractivity contribution in [2.45, 2.75) is 81.0 Å². The van der Waals surface area contributed by atoms with Gasteiger partial charge in [-0.1, -0.05) is 72.8 Å². The molecule has 0 aliphatic heterocycles. The maximum atomic E-state index is 14.1. The molecule has 8 atom stereocenters. The summed E-state index contributed by atoms with van der Waals surface area (Å²) in [7, 11) is 0. The lowest BCUT2D eigenvalue weighted by Crippen LogP contribution is -2.63. The molecular formula is C50H59N9O14. The maximum absolute atomic E-state index is 14.1. The van der Waals surface area contributed by atoms with Gasteiger partial charge in [0.05, 0.1) is 25.9 Å². The number of phenols is 2. The van der Waals surface area contributed by atoms with E-state index in [-0.39, 0.29) is 37.2 Å². The summed E-state index contributed by atoms with van der Waals surface area (Å²) in [5.41, 5.74) is 8.19. The minimum atomic E-state index is -1.86. The summed E-state index contributed by atoms with van der Waals surface area (Å²) in [6.07, 6.45) is -0.824. The van der Waals surface area contributed by atoms with Crippen molar-refractivity contribution < 1.29 is 69.0 Å². The molecule has 5 aromatic rings. The molecule has 0 spiro atoms. The number of amides is 7. The number of nitrogens with one attached hydrogen (secondary N) is 8. The van der Waals surface area contributed by atoms with E-state index in [1.165, 1.54) is 48.5 Å². The Labute approximate surface area is 417 Å². The number of carboxylic acid groups (broad SMARTS) is 1. The summed E-state index contributed by atoms with van der Waals surface area (Å²) in [5.74, 6) is -8.58. The number of aromatic nitrogens is 1. The summed E-state index contributed by atoms with van der Waals surface area (Å²) in [6, 6.07) is 15.4. The van der Waals surface area contributed by atoms with Crippen molar-refractivity contribution in [3.05, 3.63) is 132 Å². The zero-order chi connectivity index (χ0) is 53.2.